The second kappa shape index (κ2) is 35.6. The number of nitrogens with one attached hydrogen (secondary N) is 4. The van der Waals surface area contributed by atoms with Gasteiger partial charge in [0.1, 0.15) is 24.7 Å². The van der Waals surface area contributed by atoms with E-state index in [1.807, 2.05) is 0 Å². The van der Waals surface area contributed by atoms with Crippen LogP contribution >= 0.6 is 0 Å². The number of carbonyl (C=O) groups is 5. The summed E-state index contributed by atoms with van der Waals surface area (Å²) in [4.78, 5) is 63.9. The maximum absolute atomic E-state index is 13.2. The van der Waals surface area contributed by atoms with Crippen LogP contribution in [0.5, 0.6) is 0 Å². The van der Waals surface area contributed by atoms with E-state index in [-0.39, 0.29) is 26.2 Å². The smallest absolute Gasteiger partial charge is 0.326 e. The van der Waals surface area contributed by atoms with Crippen molar-refractivity contribution in [3.05, 3.63) is 35.9 Å². The molecule has 1 aromatic rings. The first kappa shape index (κ1) is 51.4. The quantitative estimate of drug-likeness (QED) is 0.0495. The molecule has 0 saturated carbocycles. The summed E-state index contributed by atoms with van der Waals surface area (Å²) in [7, 11) is 0. The van der Waals surface area contributed by atoms with Crippen LogP contribution in [-0.4, -0.2) is 111 Å². The summed E-state index contributed by atoms with van der Waals surface area (Å²) in [5, 5.41) is 29.6. The molecule has 326 valence electrons. The number of aliphatic carboxylic acids is 1. The zero-order valence-corrected chi connectivity index (χ0v) is 34.9. The molecule has 4 amide bonds. The molecule has 0 bridgehead atoms. The van der Waals surface area contributed by atoms with Gasteiger partial charge >= 0.3 is 5.97 Å². The second-order valence-electron chi connectivity index (χ2n) is 14.6. The Morgan fingerprint density at radius 3 is 1.63 bits per heavy atom. The third-order valence-corrected chi connectivity index (χ3v) is 9.47. The number of unbranched alkanes of at least 4 members (excludes halogenated alkanes) is 15. The minimum absolute atomic E-state index is 0.0106. The number of aliphatic hydroxyl groups excluding tert-OH is 1. The van der Waals surface area contributed by atoms with Crippen molar-refractivity contribution >= 4 is 29.6 Å². The van der Waals surface area contributed by atoms with Crippen molar-refractivity contribution in [3.63, 3.8) is 0 Å². The van der Waals surface area contributed by atoms with E-state index in [0.29, 0.717) is 31.9 Å². The van der Waals surface area contributed by atoms with Crippen molar-refractivity contribution in [1.29, 1.82) is 0 Å². The fraction of sp³-hybridized carbons (Fsp3) is 0.744. The fourth-order valence-electron chi connectivity index (χ4n) is 6.11. The van der Waals surface area contributed by atoms with E-state index in [2.05, 4.69) is 35.1 Å². The lowest BCUT2D eigenvalue weighted by molar-refractivity contribution is -0.142. The van der Waals surface area contributed by atoms with Crippen molar-refractivity contribution in [1.82, 2.24) is 21.3 Å². The molecule has 0 saturated heterocycles. The highest BCUT2D eigenvalue weighted by molar-refractivity contribution is 5.94. The molecule has 1 aromatic carbocycles. The molecular formula is C43H74N4O10. The molecule has 6 N–H and O–H groups in total. The number of carboxylic acid groups (broad SMARTS) is 1. The molecule has 0 aliphatic carbocycles. The van der Waals surface area contributed by atoms with Crippen LogP contribution in [0.1, 0.15) is 135 Å². The highest BCUT2D eigenvalue weighted by atomic mass is 16.5. The molecule has 0 fully saturated rings. The maximum Gasteiger partial charge on any atom is 0.326 e. The Kier molecular flexibility index (Phi) is 32.1. The van der Waals surface area contributed by atoms with Crippen LogP contribution in [0.2, 0.25) is 0 Å². The van der Waals surface area contributed by atoms with E-state index in [1.165, 1.54) is 70.6 Å². The number of ether oxygens (including phenoxy) is 3. The summed E-state index contributed by atoms with van der Waals surface area (Å²) in [5.41, 5.74) is 0.674. The summed E-state index contributed by atoms with van der Waals surface area (Å²) >= 11 is 0. The molecule has 57 heavy (non-hydrogen) atoms. The molecule has 3 atom stereocenters. The Morgan fingerprint density at radius 1 is 0.561 bits per heavy atom. The Hall–Kier alpha value is -3.59. The minimum Gasteiger partial charge on any atom is -0.480 e. The first-order valence-electron chi connectivity index (χ1n) is 21.5. The third-order valence-electron chi connectivity index (χ3n) is 9.47. The molecular weight excluding hydrogens is 732 g/mol. The van der Waals surface area contributed by atoms with Gasteiger partial charge in [0, 0.05) is 19.6 Å². The Bertz CT molecular complexity index is 1210. The van der Waals surface area contributed by atoms with Gasteiger partial charge in [-0.15, -0.1) is 0 Å². The molecule has 0 aliphatic rings. The van der Waals surface area contributed by atoms with Crippen LogP contribution in [0.3, 0.4) is 0 Å². The van der Waals surface area contributed by atoms with E-state index < -0.39 is 60.8 Å². The molecule has 14 nitrogen and oxygen atoms in total. The maximum atomic E-state index is 13.2. The Labute approximate surface area is 341 Å². The summed E-state index contributed by atoms with van der Waals surface area (Å²) in [6.45, 7) is 5.52. The number of carbonyl (C=O) groups excluding carboxylic acids is 4. The number of carboxylic acids is 1. The van der Waals surface area contributed by atoms with Crippen LogP contribution in [0, 0.1) is 0 Å². The van der Waals surface area contributed by atoms with Crippen molar-refractivity contribution in [3.8, 4) is 0 Å². The van der Waals surface area contributed by atoms with E-state index in [1.54, 1.807) is 30.3 Å². The average Bonchev–Trinajstić information content (AvgIpc) is 3.20. The highest BCUT2D eigenvalue weighted by Crippen LogP contribution is 2.12. The van der Waals surface area contributed by atoms with Gasteiger partial charge < -0.3 is 45.7 Å². The summed E-state index contributed by atoms with van der Waals surface area (Å²) < 4.78 is 16.5. The highest BCUT2D eigenvalue weighted by Gasteiger charge is 2.29. The average molecular weight is 807 g/mol. The Balaban J connectivity index is 2.60. The number of benzene rings is 1. The number of hydrogen-bond acceptors (Lipinski definition) is 9. The minimum atomic E-state index is -1.49. The van der Waals surface area contributed by atoms with Gasteiger partial charge in [0.2, 0.25) is 23.6 Å². The van der Waals surface area contributed by atoms with Gasteiger partial charge in [-0.2, -0.15) is 0 Å². The molecule has 0 aliphatic heterocycles. The summed E-state index contributed by atoms with van der Waals surface area (Å²) in [6, 6.07) is 4.61. The van der Waals surface area contributed by atoms with Crippen LogP contribution in [0.25, 0.3) is 0 Å². The molecule has 0 spiro atoms. The summed E-state index contributed by atoms with van der Waals surface area (Å²) in [6.07, 6.45) is 19.4. The van der Waals surface area contributed by atoms with Crippen molar-refractivity contribution < 1.29 is 48.4 Å². The number of aliphatic hydroxyl groups is 1. The van der Waals surface area contributed by atoms with Gasteiger partial charge in [0.25, 0.3) is 0 Å². The SMILES string of the molecule is CCCCCCCCCCCCCCNC(=O)[C@H](CC(=O)N[C@@H](CO)C(=O)N[C@@H](Cc1ccccc1)C(=O)O)NC(=O)COCCOCCOCCCCCCC. The fourth-order valence-corrected chi connectivity index (χ4v) is 6.11. The standard InChI is InChI=1S/C43H74N4O10/c1-3-5-7-9-10-11-12-13-14-15-16-21-25-44-41(51)36(45-40(50)34-57-30-29-56-28-27-55-26-22-17-8-6-4-2)32-39(49)46-38(33-48)42(52)47-37(43(53)54)31-35-23-19-18-20-24-35/h18-20,23-24,36-38,48H,3-17,21-22,25-34H2,1-2H3,(H,44,51)(H,45,50)(H,46,49)(H,47,52)(H,53,54)/t36-,37-,38-/m0/s1. The predicted molar refractivity (Wildman–Crippen MR) is 221 cm³/mol. The lowest BCUT2D eigenvalue weighted by Gasteiger charge is -2.22. The molecule has 1 rings (SSSR count). The van der Waals surface area contributed by atoms with Crippen molar-refractivity contribution in [2.24, 2.45) is 0 Å². The van der Waals surface area contributed by atoms with Crippen molar-refractivity contribution in [2.75, 3.05) is 52.8 Å². The van der Waals surface area contributed by atoms with E-state index >= 15 is 0 Å². The zero-order chi connectivity index (χ0) is 41.8. The van der Waals surface area contributed by atoms with Gasteiger partial charge in [-0.25, -0.2) is 4.79 Å². The van der Waals surface area contributed by atoms with Gasteiger partial charge in [0.05, 0.1) is 39.5 Å². The zero-order valence-electron chi connectivity index (χ0n) is 34.9. The molecule has 14 heteroatoms. The molecule has 0 unspecified atom stereocenters. The lowest BCUT2D eigenvalue weighted by atomic mass is 10.1. The Morgan fingerprint density at radius 2 is 1.07 bits per heavy atom. The van der Waals surface area contributed by atoms with Gasteiger partial charge in [-0.3, -0.25) is 19.2 Å². The molecule has 0 radical (unpaired) electrons. The molecule has 0 heterocycles. The lowest BCUT2D eigenvalue weighted by Crippen LogP contribution is -2.55. The first-order chi connectivity index (χ1) is 27.7. The number of rotatable bonds is 38. The van der Waals surface area contributed by atoms with Crippen LogP contribution in [0.15, 0.2) is 30.3 Å². The topological polar surface area (TPSA) is 202 Å². The van der Waals surface area contributed by atoms with E-state index in [4.69, 9.17) is 14.2 Å². The normalized spacial score (nSPS) is 12.7. The predicted octanol–water partition coefficient (Wildman–Crippen LogP) is 4.99. The summed E-state index contributed by atoms with van der Waals surface area (Å²) in [5.74, 6) is -4.19. The first-order valence-corrected chi connectivity index (χ1v) is 21.5. The van der Waals surface area contributed by atoms with Crippen LogP contribution < -0.4 is 21.3 Å². The second-order valence-corrected chi connectivity index (χ2v) is 14.6. The largest absolute Gasteiger partial charge is 0.480 e. The third kappa shape index (κ3) is 28.5. The monoisotopic (exact) mass is 807 g/mol. The number of amides is 4. The van der Waals surface area contributed by atoms with Crippen LogP contribution in [-0.2, 0) is 44.6 Å². The van der Waals surface area contributed by atoms with Crippen LogP contribution in [0.4, 0.5) is 0 Å². The van der Waals surface area contributed by atoms with Crippen molar-refractivity contribution in [2.45, 2.75) is 154 Å². The van der Waals surface area contributed by atoms with Gasteiger partial charge in [-0.05, 0) is 18.4 Å². The van der Waals surface area contributed by atoms with Gasteiger partial charge in [-0.1, -0.05) is 140 Å². The molecule has 0 aromatic heterocycles. The van der Waals surface area contributed by atoms with Gasteiger partial charge in [0.15, 0.2) is 0 Å². The van der Waals surface area contributed by atoms with E-state index in [9.17, 15) is 34.2 Å². The number of hydrogen-bond donors (Lipinski definition) is 6. The van der Waals surface area contributed by atoms with E-state index in [0.717, 1.165) is 38.5 Å².